The van der Waals surface area contributed by atoms with E-state index in [0.29, 0.717) is 35.8 Å². The molecular formula is C12H17BrN2O2S3. The summed E-state index contributed by atoms with van der Waals surface area (Å²) < 4.78 is 27.7. The summed E-state index contributed by atoms with van der Waals surface area (Å²) in [6.07, 6.45) is 1.35. The lowest BCUT2D eigenvalue weighted by atomic mass is 9.81. The number of thiocarbonyl (C=S) groups is 1. The van der Waals surface area contributed by atoms with Gasteiger partial charge in [0.1, 0.15) is 0 Å². The molecule has 1 fully saturated rings. The molecular weight excluding hydrogens is 380 g/mol. The van der Waals surface area contributed by atoms with Crippen LogP contribution in [0, 0.1) is 12.3 Å². The molecule has 4 nitrogen and oxygen atoms in total. The van der Waals surface area contributed by atoms with Gasteiger partial charge in [-0.3, -0.25) is 0 Å². The molecule has 0 aromatic carbocycles. The summed E-state index contributed by atoms with van der Waals surface area (Å²) >= 11 is 9.86. The Morgan fingerprint density at radius 1 is 1.50 bits per heavy atom. The zero-order valence-electron chi connectivity index (χ0n) is 11.3. The summed E-state index contributed by atoms with van der Waals surface area (Å²) in [4.78, 5) is 1.68. The van der Waals surface area contributed by atoms with Gasteiger partial charge >= 0.3 is 0 Å². The fourth-order valence-corrected chi connectivity index (χ4v) is 6.32. The summed E-state index contributed by atoms with van der Waals surface area (Å²) in [5.74, 6) is 0. The molecule has 1 aliphatic heterocycles. The first kappa shape index (κ1) is 16.4. The van der Waals surface area contributed by atoms with Gasteiger partial charge in [0.2, 0.25) is 10.0 Å². The molecule has 0 radical (unpaired) electrons. The van der Waals surface area contributed by atoms with Crippen LogP contribution in [0.25, 0.3) is 0 Å². The van der Waals surface area contributed by atoms with Crippen LogP contribution in [0.3, 0.4) is 0 Å². The molecule has 1 aromatic rings. The molecule has 0 spiro atoms. The lowest BCUT2D eigenvalue weighted by Gasteiger charge is -2.37. The van der Waals surface area contributed by atoms with Crippen molar-refractivity contribution >= 4 is 54.5 Å². The van der Waals surface area contributed by atoms with Gasteiger partial charge < -0.3 is 5.73 Å². The van der Waals surface area contributed by atoms with E-state index in [4.69, 9.17) is 18.0 Å². The highest BCUT2D eigenvalue weighted by atomic mass is 79.9. The van der Waals surface area contributed by atoms with Crippen LogP contribution in [0.15, 0.2) is 14.7 Å². The second kappa shape index (κ2) is 5.64. The number of nitrogens with two attached hydrogens (primary N) is 1. The number of nitrogens with zero attached hydrogens (tertiary/aromatic N) is 1. The van der Waals surface area contributed by atoms with Gasteiger partial charge in [-0.2, -0.15) is 4.31 Å². The van der Waals surface area contributed by atoms with Crippen LogP contribution >= 0.6 is 39.5 Å². The van der Waals surface area contributed by atoms with Gasteiger partial charge in [-0.05, 0) is 41.8 Å². The Bertz CT molecular complexity index is 631. The molecule has 0 bridgehead atoms. The third kappa shape index (κ3) is 2.94. The van der Waals surface area contributed by atoms with Crippen molar-refractivity contribution in [1.29, 1.82) is 0 Å². The molecule has 20 heavy (non-hydrogen) atoms. The van der Waals surface area contributed by atoms with E-state index in [1.807, 2.05) is 13.8 Å². The molecule has 1 aliphatic rings. The fraction of sp³-hybridized carbons (Fsp3) is 0.583. The van der Waals surface area contributed by atoms with Gasteiger partial charge in [-0.1, -0.05) is 19.1 Å². The smallest absolute Gasteiger partial charge is 0.244 e. The van der Waals surface area contributed by atoms with Crippen LogP contribution in [0.4, 0.5) is 0 Å². The first-order valence-corrected chi connectivity index (χ1v) is 9.68. The largest absolute Gasteiger partial charge is 0.393 e. The molecule has 0 saturated carbocycles. The van der Waals surface area contributed by atoms with Crippen molar-refractivity contribution in [2.75, 3.05) is 13.1 Å². The quantitative estimate of drug-likeness (QED) is 0.797. The maximum atomic E-state index is 12.6. The van der Waals surface area contributed by atoms with Crippen LogP contribution in [0.1, 0.15) is 24.6 Å². The molecule has 2 heterocycles. The maximum absolute atomic E-state index is 12.6. The Balaban J connectivity index is 2.22. The second-order valence-corrected chi connectivity index (χ2v) is 10.3. The number of piperidine rings is 1. The predicted octanol–water partition coefficient (Wildman–Crippen LogP) is 2.90. The monoisotopic (exact) mass is 396 g/mol. The van der Waals surface area contributed by atoms with Crippen molar-refractivity contribution in [2.45, 2.75) is 31.6 Å². The zero-order valence-corrected chi connectivity index (χ0v) is 15.4. The van der Waals surface area contributed by atoms with E-state index in [0.717, 1.165) is 8.66 Å². The van der Waals surface area contributed by atoms with E-state index in [1.54, 1.807) is 6.07 Å². The van der Waals surface area contributed by atoms with E-state index in [-0.39, 0.29) is 5.41 Å². The molecule has 8 heteroatoms. The Morgan fingerprint density at radius 2 is 2.05 bits per heavy atom. The van der Waals surface area contributed by atoms with Crippen molar-refractivity contribution in [1.82, 2.24) is 4.31 Å². The number of aryl methyl sites for hydroxylation is 1. The minimum atomic E-state index is -3.42. The van der Waals surface area contributed by atoms with Crippen molar-refractivity contribution in [3.63, 3.8) is 0 Å². The summed E-state index contributed by atoms with van der Waals surface area (Å²) in [6.45, 7) is 4.75. The third-order valence-electron chi connectivity index (χ3n) is 3.88. The number of halogens is 1. The van der Waals surface area contributed by atoms with Crippen molar-refractivity contribution < 1.29 is 8.42 Å². The molecule has 0 amide bonds. The Hall–Kier alpha value is -0.0200. The standard InChI is InChI=1S/C12H17BrN2O2S3/c1-8-9(7-10(13)19-8)20(16,17)15-5-3-12(2,4-6-15)11(14)18/h7H,3-6H2,1-2H3,(H2,14,18). The molecule has 1 saturated heterocycles. The Labute approximate surface area is 137 Å². The van der Waals surface area contributed by atoms with E-state index >= 15 is 0 Å². The van der Waals surface area contributed by atoms with Crippen LogP contribution in [-0.4, -0.2) is 30.8 Å². The number of rotatable bonds is 3. The summed E-state index contributed by atoms with van der Waals surface area (Å²) in [6, 6.07) is 1.68. The topological polar surface area (TPSA) is 63.4 Å². The zero-order chi connectivity index (χ0) is 15.1. The lowest BCUT2D eigenvalue weighted by Crippen LogP contribution is -2.46. The highest BCUT2D eigenvalue weighted by molar-refractivity contribution is 9.11. The third-order valence-corrected chi connectivity index (χ3v) is 8.08. The minimum absolute atomic E-state index is 0.231. The van der Waals surface area contributed by atoms with Gasteiger partial charge in [0.05, 0.1) is 13.7 Å². The first-order valence-electron chi connectivity index (χ1n) is 6.23. The molecule has 2 rings (SSSR count). The fourth-order valence-electron chi connectivity index (χ4n) is 2.29. The average molecular weight is 397 g/mol. The number of hydrogen-bond donors (Lipinski definition) is 1. The highest BCUT2D eigenvalue weighted by Gasteiger charge is 2.37. The minimum Gasteiger partial charge on any atom is -0.393 e. The Morgan fingerprint density at radius 3 is 2.45 bits per heavy atom. The van der Waals surface area contributed by atoms with Crippen molar-refractivity contribution in [3.05, 3.63) is 14.7 Å². The molecule has 1 aromatic heterocycles. The van der Waals surface area contributed by atoms with Crippen LogP contribution in [0.5, 0.6) is 0 Å². The normalized spacial score (nSPS) is 19.9. The van der Waals surface area contributed by atoms with Gasteiger partial charge in [-0.25, -0.2) is 8.42 Å². The summed E-state index contributed by atoms with van der Waals surface area (Å²) in [5, 5.41) is 0. The van der Waals surface area contributed by atoms with Crippen LogP contribution in [0.2, 0.25) is 0 Å². The van der Waals surface area contributed by atoms with E-state index < -0.39 is 10.0 Å². The van der Waals surface area contributed by atoms with Gasteiger partial charge in [0.25, 0.3) is 0 Å². The first-order chi connectivity index (χ1) is 9.17. The van der Waals surface area contributed by atoms with Crippen molar-refractivity contribution in [2.24, 2.45) is 11.1 Å². The van der Waals surface area contributed by atoms with Gasteiger partial charge in [-0.15, -0.1) is 11.3 Å². The van der Waals surface area contributed by atoms with Gasteiger partial charge in [0, 0.05) is 23.4 Å². The molecule has 0 aliphatic carbocycles. The highest BCUT2D eigenvalue weighted by Crippen LogP contribution is 2.36. The second-order valence-electron chi connectivity index (χ2n) is 5.30. The molecule has 112 valence electrons. The van der Waals surface area contributed by atoms with Crippen LogP contribution in [-0.2, 0) is 10.0 Å². The maximum Gasteiger partial charge on any atom is 0.244 e. The predicted molar refractivity (Wildman–Crippen MR) is 89.6 cm³/mol. The number of sulfonamides is 1. The Kier molecular flexibility index (Phi) is 4.61. The molecule has 2 N–H and O–H groups in total. The van der Waals surface area contributed by atoms with E-state index in [9.17, 15) is 8.42 Å². The number of thiophene rings is 1. The molecule has 0 unspecified atom stereocenters. The van der Waals surface area contributed by atoms with Gasteiger partial charge in [0.15, 0.2) is 0 Å². The average Bonchev–Trinajstić information content (AvgIpc) is 2.69. The van der Waals surface area contributed by atoms with E-state index in [2.05, 4.69) is 15.9 Å². The SMILES string of the molecule is Cc1sc(Br)cc1S(=O)(=O)N1CCC(C)(C(N)=S)CC1. The van der Waals surface area contributed by atoms with Crippen LogP contribution < -0.4 is 5.73 Å². The van der Waals surface area contributed by atoms with E-state index in [1.165, 1.54) is 15.6 Å². The lowest BCUT2D eigenvalue weighted by molar-refractivity contribution is 0.244. The summed E-state index contributed by atoms with van der Waals surface area (Å²) in [5.41, 5.74) is 5.52. The summed E-state index contributed by atoms with van der Waals surface area (Å²) in [7, 11) is -3.42. The van der Waals surface area contributed by atoms with Crippen molar-refractivity contribution in [3.8, 4) is 0 Å². The number of hydrogen-bond acceptors (Lipinski definition) is 4. The molecule has 0 atom stereocenters.